The fourth-order valence-corrected chi connectivity index (χ4v) is 3.83. The molecule has 7 nitrogen and oxygen atoms in total. The molecule has 9 heteroatoms. The lowest BCUT2D eigenvalue weighted by atomic mass is 10.2. The number of hydrogen-bond acceptors (Lipinski definition) is 4. The van der Waals surface area contributed by atoms with Gasteiger partial charge in [-0.05, 0) is 55.0 Å². The number of nitrogens with one attached hydrogen (secondary N) is 2. The molecule has 2 aromatic carbocycles. The Labute approximate surface area is 168 Å². The molecule has 1 amide bonds. The van der Waals surface area contributed by atoms with Gasteiger partial charge in [0.1, 0.15) is 0 Å². The average molecular weight is 419 g/mol. The molecule has 1 heterocycles. The van der Waals surface area contributed by atoms with Crippen molar-refractivity contribution >= 4 is 27.5 Å². The maximum absolute atomic E-state index is 12.2. The van der Waals surface area contributed by atoms with Crippen molar-refractivity contribution < 1.29 is 13.2 Å². The van der Waals surface area contributed by atoms with Gasteiger partial charge in [0.15, 0.2) is 0 Å². The van der Waals surface area contributed by atoms with E-state index in [0.29, 0.717) is 10.6 Å². The molecule has 2 N–H and O–H groups in total. The van der Waals surface area contributed by atoms with Gasteiger partial charge in [0.2, 0.25) is 10.0 Å². The van der Waals surface area contributed by atoms with E-state index in [0.717, 1.165) is 11.3 Å². The van der Waals surface area contributed by atoms with Gasteiger partial charge in [-0.2, -0.15) is 5.10 Å². The Balaban J connectivity index is 1.51. The fraction of sp³-hybridized carbons (Fsp3) is 0.158. The first kappa shape index (κ1) is 20.1. The molecule has 1 aromatic heterocycles. The van der Waals surface area contributed by atoms with Crippen molar-refractivity contribution in [1.82, 2.24) is 19.8 Å². The zero-order chi connectivity index (χ0) is 20.1. The van der Waals surface area contributed by atoms with E-state index in [9.17, 15) is 13.2 Å². The maximum Gasteiger partial charge on any atom is 0.251 e. The zero-order valence-corrected chi connectivity index (χ0v) is 16.7. The minimum atomic E-state index is -3.68. The molecule has 0 aliphatic rings. The van der Waals surface area contributed by atoms with Gasteiger partial charge in [-0.3, -0.25) is 4.79 Å². The lowest BCUT2D eigenvalue weighted by Gasteiger charge is -2.09. The van der Waals surface area contributed by atoms with E-state index in [2.05, 4.69) is 15.1 Å². The molecule has 0 unspecified atom stereocenters. The quantitative estimate of drug-likeness (QED) is 0.576. The van der Waals surface area contributed by atoms with Crippen LogP contribution in [0.4, 0.5) is 0 Å². The molecule has 0 atom stereocenters. The number of amides is 1. The molecular formula is C19H19ClN4O3S. The Bertz CT molecular complexity index is 1080. The predicted molar refractivity (Wildman–Crippen MR) is 107 cm³/mol. The highest BCUT2D eigenvalue weighted by molar-refractivity contribution is 7.89. The van der Waals surface area contributed by atoms with Crippen LogP contribution >= 0.6 is 11.6 Å². The number of benzene rings is 2. The summed E-state index contributed by atoms with van der Waals surface area (Å²) in [5.41, 5.74) is 2.37. The summed E-state index contributed by atoms with van der Waals surface area (Å²) in [4.78, 5) is 12.3. The number of hydrogen-bond donors (Lipinski definition) is 2. The second kappa shape index (κ2) is 8.55. The second-order valence-electron chi connectivity index (χ2n) is 6.12. The number of halogens is 1. The molecule has 3 aromatic rings. The summed E-state index contributed by atoms with van der Waals surface area (Å²) in [7, 11) is -3.68. The van der Waals surface area contributed by atoms with E-state index in [4.69, 9.17) is 11.6 Å². The third kappa shape index (κ3) is 4.98. The minimum absolute atomic E-state index is 0.0607. The Kier molecular flexibility index (Phi) is 6.13. The van der Waals surface area contributed by atoms with E-state index in [1.165, 1.54) is 12.1 Å². The van der Waals surface area contributed by atoms with Crippen molar-refractivity contribution in [2.75, 3.05) is 13.1 Å². The summed E-state index contributed by atoms with van der Waals surface area (Å²) >= 11 is 5.82. The van der Waals surface area contributed by atoms with Gasteiger partial charge in [-0.1, -0.05) is 17.7 Å². The molecule has 0 spiro atoms. The molecule has 0 saturated heterocycles. The van der Waals surface area contributed by atoms with Crippen molar-refractivity contribution in [1.29, 1.82) is 0 Å². The van der Waals surface area contributed by atoms with E-state index in [1.807, 2.05) is 13.1 Å². The Morgan fingerprint density at radius 1 is 1.14 bits per heavy atom. The Hall–Kier alpha value is -2.68. The number of rotatable bonds is 7. The van der Waals surface area contributed by atoms with Crippen molar-refractivity contribution in [2.24, 2.45) is 0 Å². The summed E-state index contributed by atoms with van der Waals surface area (Å²) in [6.45, 7) is 2.16. The molecular weight excluding hydrogens is 400 g/mol. The smallest absolute Gasteiger partial charge is 0.251 e. The second-order valence-corrected chi connectivity index (χ2v) is 8.32. The first-order valence-corrected chi connectivity index (χ1v) is 10.4. The van der Waals surface area contributed by atoms with Gasteiger partial charge in [-0.15, -0.1) is 0 Å². The first-order valence-electron chi connectivity index (χ1n) is 8.50. The van der Waals surface area contributed by atoms with Crippen molar-refractivity contribution in [3.8, 4) is 5.69 Å². The van der Waals surface area contributed by atoms with Gasteiger partial charge in [-0.25, -0.2) is 17.8 Å². The third-order valence-electron chi connectivity index (χ3n) is 3.91. The van der Waals surface area contributed by atoms with E-state index < -0.39 is 10.0 Å². The van der Waals surface area contributed by atoms with Crippen LogP contribution in [0.5, 0.6) is 0 Å². The van der Waals surface area contributed by atoms with E-state index >= 15 is 0 Å². The highest BCUT2D eigenvalue weighted by Crippen LogP contribution is 2.15. The molecule has 0 aliphatic heterocycles. The number of carbonyl (C=O) groups excluding carboxylic acids is 1. The van der Waals surface area contributed by atoms with Gasteiger partial charge >= 0.3 is 0 Å². The first-order chi connectivity index (χ1) is 13.3. The molecule has 0 aliphatic carbocycles. The summed E-state index contributed by atoms with van der Waals surface area (Å²) in [5, 5.41) is 7.24. The maximum atomic E-state index is 12.2. The Morgan fingerprint density at radius 3 is 2.54 bits per heavy atom. The summed E-state index contributed by atoms with van der Waals surface area (Å²) in [6, 6.07) is 13.0. The number of carbonyl (C=O) groups is 1. The van der Waals surface area contributed by atoms with Crippen LogP contribution in [-0.2, 0) is 10.0 Å². The van der Waals surface area contributed by atoms with Crippen LogP contribution in [0.1, 0.15) is 15.9 Å². The van der Waals surface area contributed by atoms with Gasteiger partial charge < -0.3 is 5.32 Å². The van der Waals surface area contributed by atoms with Crippen molar-refractivity contribution in [3.63, 3.8) is 0 Å². The number of aryl methyl sites for hydroxylation is 1. The van der Waals surface area contributed by atoms with E-state index in [1.54, 1.807) is 47.3 Å². The SMILES string of the molecule is Cc1cnn(-c2ccc(C(=O)NCCNS(=O)(=O)c3cccc(Cl)c3)cc2)c1. The largest absolute Gasteiger partial charge is 0.351 e. The van der Waals surface area contributed by atoms with Crippen LogP contribution < -0.4 is 10.0 Å². The highest BCUT2D eigenvalue weighted by atomic mass is 35.5. The summed E-state index contributed by atoms with van der Waals surface area (Å²) in [5.74, 6) is -0.287. The van der Waals surface area contributed by atoms with Crippen molar-refractivity contribution in [3.05, 3.63) is 77.1 Å². The monoisotopic (exact) mass is 418 g/mol. The van der Waals surface area contributed by atoms with Crippen molar-refractivity contribution in [2.45, 2.75) is 11.8 Å². The number of sulfonamides is 1. The standard InChI is InChI=1S/C19H19ClN4O3S/c1-14-12-22-24(13-14)17-7-5-15(6-8-17)19(25)21-9-10-23-28(26,27)18-4-2-3-16(20)11-18/h2-8,11-13,23H,9-10H2,1H3,(H,21,25). The van der Waals surface area contributed by atoms with Gasteiger partial charge in [0.05, 0.1) is 16.8 Å². The lowest BCUT2D eigenvalue weighted by molar-refractivity contribution is 0.0954. The molecule has 28 heavy (non-hydrogen) atoms. The number of nitrogens with zero attached hydrogens (tertiary/aromatic N) is 2. The minimum Gasteiger partial charge on any atom is -0.351 e. The van der Waals surface area contributed by atoms with Crippen LogP contribution in [0.25, 0.3) is 5.69 Å². The molecule has 0 radical (unpaired) electrons. The molecule has 146 valence electrons. The third-order valence-corrected chi connectivity index (χ3v) is 5.61. The zero-order valence-electron chi connectivity index (χ0n) is 15.1. The molecule has 0 saturated carbocycles. The van der Waals surface area contributed by atoms with Crippen LogP contribution in [0, 0.1) is 6.92 Å². The summed E-state index contributed by atoms with van der Waals surface area (Å²) < 4.78 is 28.5. The van der Waals surface area contributed by atoms with Crippen LogP contribution in [0.15, 0.2) is 65.8 Å². The van der Waals surface area contributed by atoms with Gasteiger partial charge in [0.25, 0.3) is 5.91 Å². The molecule has 3 rings (SSSR count). The van der Waals surface area contributed by atoms with Crippen LogP contribution in [0.2, 0.25) is 5.02 Å². The summed E-state index contributed by atoms with van der Waals surface area (Å²) in [6.07, 6.45) is 3.65. The molecule has 0 fully saturated rings. The van der Waals surface area contributed by atoms with Gasteiger partial charge in [0, 0.05) is 29.9 Å². The Morgan fingerprint density at radius 2 is 1.89 bits per heavy atom. The van der Waals surface area contributed by atoms with Crippen LogP contribution in [-0.4, -0.2) is 37.2 Å². The fourth-order valence-electron chi connectivity index (χ4n) is 2.50. The predicted octanol–water partition coefficient (Wildman–Crippen LogP) is 2.54. The number of aromatic nitrogens is 2. The lowest BCUT2D eigenvalue weighted by Crippen LogP contribution is -2.34. The van der Waals surface area contributed by atoms with E-state index in [-0.39, 0.29) is 23.9 Å². The average Bonchev–Trinajstić information content (AvgIpc) is 3.11. The highest BCUT2D eigenvalue weighted by Gasteiger charge is 2.14. The molecule has 0 bridgehead atoms. The van der Waals surface area contributed by atoms with Crippen LogP contribution in [0.3, 0.4) is 0 Å². The topological polar surface area (TPSA) is 93.1 Å². The normalized spacial score (nSPS) is 11.4.